The number of carbonyl (C=O) groups is 2. The summed E-state index contributed by atoms with van der Waals surface area (Å²) < 4.78 is 32.2. The molecule has 1 atom stereocenters. The highest BCUT2D eigenvalue weighted by molar-refractivity contribution is 8.00. The van der Waals surface area contributed by atoms with E-state index >= 15 is 0 Å². The van der Waals surface area contributed by atoms with Crippen LogP contribution in [-0.2, 0) is 14.3 Å². The lowest BCUT2D eigenvalue weighted by Crippen LogP contribution is -2.48. The number of ether oxygens (including phenoxy) is 3. The Morgan fingerprint density at radius 2 is 1.72 bits per heavy atom. The predicted octanol–water partition coefficient (Wildman–Crippen LogP) is 4.72. The molecule has 0 N–H and O–H groups in total. The fourth-order valence-electron chi connectivity index (χ4n) is 5.42. The first-order valence-corrected chi connectivity index (χ1v) is 15.0. The van der Waals surface area contributed by atoms with Crippen LogP contribution in [0.2, 0.25) is 0 Å². The molecular weight excluding hydrogens is 571 g/mol. The number of hydrogen-bond donors (Lipinski definition) is 0. The van der Waals surface area contributed by atoms with Crippen molar-refractivity contribution in [2.75, 3.05) is 57.7 Å². The van der Waals surface area contributed by atoms with E-state index in [0.29, 0.717) is 55.0 Å². The lowest BCUT2D eigenvalue weighted by atomic mass is 9.99. The number of hydrogen-bond acceptors (Lipinski definition) is 7. The molecule has 3 heterocycles. The van der Waals surface area contributed by atoms with Crippen molar-refractivity contribution in [3.8, 4) is 28.4 Å². The summed E-state index contributed by atoms with van der Waals surface area (Å²) in [7, 11) is 3.16. The maximum absolute atomic E-state index is 14.0. The van der Waals surface area contributed by atoms with E-state index in [0.717, 1.165) is 16.7 Å². The van der Waals surface area contributed by atoms with E-state index in [2.05, 4.69) is 0 Å². The minimum atomic E-state index is -0.389. The van der Waals surface area contributed by atoms with Crippen molar-refractivity contribution < 1.29 is 28.2 Å². The molecule has 0 bridgehead atoms. The molecule has 2 amide bonds. The molecule has 0 spiro atoms. The van der Waals surface area contributed by atoms with E-state index in [4.69, 9.17) is 19.3 Å². The molecule has 1 aromatic heterocycles. The number of amides is 2. The zero-order valence-electron chi connectivity index (χ0n) is 23.9. The topological polar surface area (TPSA) is 86.1 Å². The van der Waals surface area contributed by atoms with Crippen molar-refractivity contribution >= 4 is 29.4 Å². The fraction of sp³-hybridized carbons (Fsp3) is 0.281. The molecule has 2 aliphatic heterocycles. The van der Waals surface area contributed by atoms with Gasteiger partial charge in [0, 0.05) is 24.2 Å². The Bertz CT molecular complexity index is 1620. The molecule has 0 radical (unpaired) electrons. The second kappa shape index (κ2) is 12.5. The van der Waals surface area contributed by atoms with Crippen LogP contribution in [0.1, 0.15) is 16.4 Å². The fourth-order valence-corrected chi connectivity index (χ4v) is 6.61. The molecule has 0 aliphatic carbocycles. The van der Waals surface area contributed by atoms with Crippen LogP contribution >= 0.6 is 11.8 Å². The van der Waals surface area contributed by atoms with E-state index in [9.17, 15) is 14.0 Å². The Morgan fingerprint density at radius 1 is 1.00 bits per heavy atom. The number of aromatic nitrogens is 2. The summed E-state index contributed by atoms with van der Waals surface area (Å²) in [6.07, 6.45) is 0. The molecule has 0 saturated carbocycles. The molecule has 2 aliphatic rings. The van der Waals surface area contributed by atoms with Gasteiger partial charge in [0.1, 0.15) is 18.2 Å². The molecule has 1 fully saturated rings. The molecule has 9 nitrogen and oxygen atoms in total. The van der Waals surface area contributed by atoms with Crippen LogP contribution in [0.25, 0.3) is 16.9 Å². The van der Waals surface area contributed by atoms with Gasteiger partial charge in [0.05, 0.1) is 49.8 Å². The number of thioether (sulfide) groups is 1. The Labute approximate surface area is 253 Å². The van der Waals surface area contributed by atoms with Crippen LogP contribution in [0.4, 0.5) is 10.2 Å². The van der Waals surface area contributed by atoms with Crippen LogP contribution in [0.3, 0.4) is 0 Å². The minimum Gasteiger partial charge on any atom is -0.493 e. The van der Waals surface area contributed by atoms with Crippen LogP contribution in [-0.4, -0.2) is 79.3 Å². The highest BCUT2D eigenvalue weighted by Crippen LogP contribution is 2.49. The van der Waals surface area contributed by atoms with Gasteiger partial charge in [-0.3, -0.25) is 14.5 Å². The third-order valence-corrected chi connectivity index (χ3v) is 8.83. The number of rotatable bonds is 7. The number of carbonyl (C=O) groups excluding carboxylic acids is 2. The molecule has 222 valence electrons. The summed E-state index contributed by atoms with van der Waals surface area (Å²) in [6.45, 7) is 1.67. The normalized spacial score (nSPS) is 16.9. The van der Waals surface area contributed by atoms with Crippen LogP contribution in [0.5, 0.6) is 11.5 Å². The number of nitrogens with zero attached hydrogens (tertiary/aromatic N) is 4. The minimum absolute atomic E-state index is 0.127. The van der Waals surface area contributed by atoms with Crippen molar-refractivity contribution in [2.24, 2.45) is 0 Å². The van der Waals surface area contributed by atoms with Crippen molar-refractivity contribution in [1.29, 1.82) is 0 Å². The average molecular weight is 603 g/mol. The van der Waals surface area contributed by atoms with Crippen molar-refractivity contribution in [1.82, 2.24) is 14.7 Å². The average Bonchev–Trinajstić information content (AvgIpc) is 3.38. The molecule has 4 aromatic rings. The van der Waals surface area contributed by atoms with Gasteiger partial charge in [-0.25, -0.2) is 9.07 Å². The number of anilines is 1. The zero-order valence-corrected chi connectivity index (χ0v) is 24.7. The molecule has 6 rings (SSSR count). The van der Waals surface area contributed by atoms with Gasteiger partial charge in [-0.15, -0.1) is 11.8 Å². The van der Waals surface area contributed by atoms with Gasteiger partial charge < -0.3 is 19.1 Å². The Morgan fingerprint density at radius 3 is 2.42 bits per heavy atom. The summed E-state index contributed by atoms with van der Waals surface area (Å²) in [4.78, 5) is 30.8. The summed E-state index contributed by atoms with van der Waals surface area (Å²) in [5, 5.41) is 4.69. The molecule has 1 saturated heterocycles. The lowest BCUT2D eigenvalue weighted by Gasteiger charge is -2.30. The number of morpholine rings is 1. The molecular formula is C32H31FN4O5S. The Kier molecular flexibility index (Phi) is 8.35. The SMILES string of the molecule is COc1ccc([C@@H]2SCC(=O)N(CC(=O)N3CCOCC3)c3c2c(-c2ccccc2)nn3-c2ccc(F)cc2)cc1OC. The first-order chi connectivity index (χ1) is 21.0. The monoisotopic (exact) mass is 602 g/mol. The second-order valence-corrected chi connectivity index (χ2v) is 11.2. The van der Waals surface area contributed by atoms with Crippen molar-refractivity contribution in [2.45, 2.75) is 5.25 Å². The lowest BCUT2D eigenvalue weighted by molar-refractivity contribution is -0.134. The van der Waals surface area contributed by atoms with E-state index in [1.54, 1.807) is 35.9 Å². The van der Waals surface area contributed by atoms with Crippen LogP contribution in [0.15, 0.2) is 72.8 Å². The largest absolute Gasteiger partial charge is 0.493 e. The molecule has 11 heteroatoms. The third kappa shape index (κ3) is 5.70. The maximum atomic E-state index is 14.0. The Balaban J connectivity index is 1.58. The number of fused-ring (bicyclic) bond motifs is 1. The van der Waals surface area contributed by atoms with E-state index in [1.165, 1.54) is 28.8 Å². The number of benzene rings is 3. The highest BCUT2D eigenvalue weighted by Gasteiger charge is 2.38. The highest BCUT2D eigenvalue weighted by atomic mass is 32.2. The smallest absolute Gasteiger partial charge is 0.242 e. The van der Waals surface area contributed by atoms with Gasteiger partial charge in [0.25, 0.3) is 0 Å². The summed E-state index contributed by atoms with van der Waals surface area (Å²) >= 11 is 1.46. The standard InChI is InChI=1S/C32H31FN4O5S/c1-40-25-13-8-22(18-26(25)41-2)31-29-30(21-6-4-3-5-7-21)34-37(24-11-9-23(33)10-12-24)32(29)36(28(39)20-43-31)19-27(38)35-14-16-42-17-15-35/h3-13,18,31H,14-17,19-20H2,1-2H3/t31-/m0/s1. The van der Waals surface area contributed by atoms with Gasteiger partial charge in [0.15, 0.2) is 11.5 Å². The van der Waals surface area contributed by atoms with Gasteiger partial charge in [-0.05, 0) is 42.0 Å². The third-order valence-electron chi connectivity index (χ3n) is 7.57. The first-order valence-electron chi connectivity index (χ1n) is 13.9. The van der Waals surface area contributed by atoms with Crippen LogP contribution < -0.4 is 14.4 Å². The van der Waals surface area contributed by atoms with Gasteiger partial charge in [-0.1, -0.05) is 36.4 Å². The predicted molar refractivity (Wildman–Crippen MR) is 163 cm³/mol. The summed E-state index contributed by atoms with van der Waals surface area (Å²) in [5.74, 6) is 0.959. The van der Waals surface area contributed by atoms with E-state index in [1.807, 2.05) is 48.5 Å². The Hall–Kier alpha value is -4.35. The van der Waals surface area contributed by atoms with Crippen LogP contribution in [0, 0.1) is 5.82 Å². The van der Waals surface area contributed by atoms with Crippen molar-refractivity contribution in [3.05, 3.63) is 89.7 Å². The quantitative estimate of drug-likeness (QED) is 0.303. The van der Waals surface area contributed by atoms with Gasteiger partial charge >= 0.3 is 0 Å². The van der Waals surface area contributed by atoms with E-state index in [-0.39, 0.29) is 35.2 Å². The maximum Gasteiger partial charge on any atom is 0.242 e. The zero-order chi connectivity index (χ0) is 29.9. The van der Waals surface area contributed by atoms with Gasteiger partial charge in [-0.2, -0.15) is 5.10 Å². The molecule has 43 heavy (non-hydrogen) atoms. The summed E-state index contributed by atoms with van der Waals surface area (Å²) in [5.41, 5.74) is 3.72. The number of methoxy groups -OCH3 is 2. The number of halogens is 1. The van der Waals surface area contributed by atoms with Crippen molar-refractivity contribution in [3.63, 3.8) is 0 Å². The summed E-state index contributed by atoms with van der Waals surface area (Å²) in [6, 6.07) is 21.4. The van der Waals surface area contributed by atoms with Gasteiger partial charge in [0.2, 0.25) is 11.8 Å². The first kappa shape index (κ1) is 28.8. The van der Waals surface area contributed by atoms with E-state index < -0.39 is 0 Å². The molecule has 0 unspecified atom stereocenters. The second-order valence-electron chi connectivity index (χ2n) is 10.1. The molecule has 3 aromatic carbocycles.